The van der Waals surface area contributed by atoms with Crippen molar-refractivity contribution in [2.24, 2.45) is 5.92 Å². The molecule has 0 aliphatic carbocycles. The van der Waals surface area contributed by atoms with E-state index in [2.05, 4.69) is 33.0 Å². The first-order valence-corrected chi connectivity index (χ1v) is 6.40. The van der Waals surface area contributed by atoms with Gasteiger partial charge < -0.3 is 10.1 Å². The molecule has 0 radical (unpaired) electrons. The molecule has 1 N–H and O–H groups in total. The Morgan fingerprint density at radius 1 is 1.13 bits per heavy atom. The summed E-state index contributed by atoms with van der Waals surface area (Å²) in [5.41, 5.74) is 0. The highest BCUT2D eigenvalue weighted by Crippen LogP contribution is 2.16. The molecule has 15 heavy (non-hydrogen) atoms. The Kier molecular flexibility index (Phi) is 9.12. The molecular weight excluding hydrogens is 186 g/mol. The molecule has 3 atom stereocenters. The summed E-state index contributed by atoms with van der Waals surface area (Å²) >= 11 is 0. The van der Waals surface area contributed by atoms with Crippen molar-refractivity contribution in [1.82, 2.24) is 5.32 Å². The monoisotopic (exact) mass is 215 g/mol. The summed E-state index contributed by atoms with van der Waals surface area (Å²) < 4.78 is 5.33. The third kappa shape index (κ3) is 7.80. The molecule has 0 aliphatic heterocycles. The lowest BCUT2D eigenvalue weighted by atomic mass is 9.94. The minimum atomic E-state index is 0.364. The van der Waals surface area contributed by atoms with E-state index in [9.17, 15) is 0 Å². The van der Waals surface area contributed by atoms with Crippen molar-refractivity contribution in [3.63, 3.8) is 0 Å². The lowest BCUT2D eigenvalue weighted by Gasteiger charge is -2.24. The second-order valence-corrected chi connectivity index (χ2v) is 4.67. The largest absolute Gasteiger partial charge is 0.382 e. The molecule has 0 aromatic heterocycles. The molecule has 0 rings (SSSR count). The zero-order valence-corrected chi connectivity index (χ0v) is 11.2. The van der Waals surface area contributed by atoms with Crippen LogP contribution in [0.5, 0.6) is 0 Å². The Hall–Kier alpha value is -0.0800. The van der Waals surface area contributed by atoms with Crippen LogP contribution in [0.1, 0.15) is 53.4 Å². The van der Waals surface area contributed by atoms with Crippen LogP contribution in [0.4, 0.5) is 0 Å². The predicted octanol–water partition coefficient (Wildman–Crippen LogP) is 3.22. The highest BCUT2D eigenvalue weighted by atomic mass is 16.5. The Morgan fingerprint density at radius 3 is 2.27 bits per heavy atom. The third-order valence-electron chi connectivity index (χ3n) is 2.98. The van der Waals surface area contributed by atoms with Crippen molar-refractivity contribution in [1.29, 1.82) is 0 Å². The maximum atomic E-state index is 5.33. The molecule has 0 heterocycles. The van der Waals surface area contributed by atoms with E-state index in [1.54, 1.807) is 7.11 Å². The molecule has 0 saturated carbocycles. The first kappa shape index (κ1) is 14.9. The fraction of sp³-hybridized carbons (Fsp3) is 1.00. The number of rotatable bonds is 9. The van der Waals surface area contributed by atoms with Crippen molar-refractivity contribution in [3.8, 4) is 0 Å². The second-order valence-electron chi connectivity index (χ2n) is 4.67. The highest BCUT2D eigenvalue weighted by molar-refractivity contribution is 4.72. The standard InChI is InChI=1S/C13H29NO/c1-6-8-11(3)9-13(14-7-2)10-12(4)15-5/h11-14H,6-10H2,1-5H3. The summed E-state index contributed by atoms with van der Waals surface area (Å²) in [5.74, 6) is 0.822. The zero-order chi connectivity index (χ0) is 11.7. The van der Waals surface area contributed by atoms with Gasteiger partial charge in [0, 0.05) is 13.2 Å². The number of hydrogen-bond acceptors (Lipinski definition) is 2. The van der Waals surface area contributed by atoms with Gasteiger partial charge in [0.15, 0.2) is 0 Å². The first-order chi connectivity index (χ1) is 7.13. The van der Waals surface area contributed by atoms with Gasteiger partial charge in [-0.15, -0.1) is 0 Å². The van der Waals surface area contributed by atoms with Crippen molar-refractivity contribution >= 4 is 0 Å². The van der Waals surface area contributed by atoms with Gasteiger partial charge in [-0.25, -0.2) is 0 Å². The fourth-order valence-electron chi connectivity index (χ4n) is 2.14. The van der Waals surface area contributed by atoms with Crippen molar-refractivity contribution in [3.05, 3.63) is 0 Å². The Morgan fingerprint density at radius 2 is 1.80 bits per heavy atom. The summed E-state index contributed by atoms with van der Waals surface area (Å²) in [6.07, 6.45) is 5.39. The van der Waals surface area contributed by atoms with Crippen molar-refractivity contribution < 1.29 is 4.74 Å². The molecule has 0 aromatic rings. The van der Waals surface area contributed by atoms with Crippen LogP contribution in [-0.2, 0) is 4.74 Å². The van der Waals surface area contributed by atoms with Crippen LogP contribution in [0.2, 0.25) is 0 Å². The lowest BCUT2D eigenvalue weighted by molar-refractivity contribution is 0.0973. The summed E-state index contributed by atoms with van der Waals surface area (Å²) in [6, 6.07) is 0.617. The van der Waals surface area contributed by atoms with E-state index in [4.69, 9.17) is 4.74 Å². The van der Waals surface area contributed by atoms with Gasteiger partial charge in [-0.05, 0) is 32.2 Å². The van der Waals surface area contributed by atoms with E-state index in [0.717, 1.165) is 18.9 Å². The first-order valence-electron chi connectivity index (χ1n) is 6.40. The summed E-state index contributed by atoms with van der Waals surface area (Å²) in [7, 11) is 1.79. The molecule has 0 aromatic carbocycles. The highest BCUT2D eigenvalue weighted by Gasteiger charge is 2.14. The maximum absolute atomic E-state index is 5.33. The number of ether oxygens (including phenoxy) is 1. The molecule has 0 spiro atoms. The van der Waals surface area contributed by atoms with Crippen LogP contribution >= 0.6 is 0 Å². The van der Waals surface area contributed by atoms with Gasteiger partial charge in [-0.1, -0.05) is 33.6 Å². The average molecular weight is 215 g/mol. The number of hydrogen-bond donors (Lipinski definition) is 1. The van der Waals surface area contributed by atoms with Crippen LogP contribution < -0.4 is 5.32 Å². The van der Waals surface area contributed by atoms with E-state index in [0.29, 0.717) is 12.1 Å². The number of nitrogens with one attached hydrogen (secondary N) is 1. The van der Waals surface area contributed by atoms with Gasteiger partial charge in [-0.2, -0.15) is 0 Å². The molecule has 2 nitrogen and oxygen atoms in total. The van der Waals surface area contributed by atoms with Crippen LogP contribution in [0.15, 0.2) is 0 Å². The van der Waals surface area contributed by atoms with Crippen LogP contribution in [0, 0.1) is 5.92 Å². The average Bonchev–Trinajstić information content (AvgIpc) is 2.18. The fourth-order valence-corrected chi connectivity index (χ4v) is 2.14. The van der Waals surface area contributed by atoms with Gasteiger partial charge in [0.25, 0.3) is 0 Å². The van der Waals surface area contributed by atoms with E-state index < -0.39 is 0 Å². The maximum Gasteiger partial charge on any atom is 0.0558 e. The molecule has 3 unspecified atom stereocenters. The normalized spacial score (nSPS) is 17.4. The van der Waals surface area contributed by atoms with Gasteiger partial charge in [0.1, 0.15) is 0 Å². The Bertz CT molecular complexity index is 138. The van der Waals surface area contributed by atoms with Crippen LogP contribution in [0.3, 0.4) is 0 Å². The van der Waals surface area contributed by atoms with Gasteiger partial charge >= 0.3 is 0 Å². The smallest absolute Gasteiger partial charge is 0.0558 e. The summed E-state index contributed by atoms with van der Waals surface area (Å²) in [6.45, 7) is 9.99. The van der Waals surface area contributed by atoms with Crippen LogP contribution in [-0.4, -0.2) is 25.8 Å². The van der Waals surface area contributed by atoms with E-state index >= 15 is 0 Å². The molecule has 0 fully saturated rings. The molecule has 2 heteroatoms. The second kappa shape index (κ2) is 9.17. The van der Waals surface area contributed by atoms with E-state index in [1.807, 2.05) is 0 Å². The zero-order valence-electron chi connectivity index (χ0n) is 11.2. The van der Waals surface area contributed by atoms with Gasteiger partial charge in [0.05, 0.1) is 6.10 Å². The SMILES string of the molecule is CCCC(C)CC(CC(C)OC)NCC. The molecule has 92 valence electrons. The summed E-state index contributed by atoms with van der Waals surface area (Å²) in [4.78, 5) is 0. The minimum absolute atomic E-state index is 0.364. The van der Waals surface area contributed by atoms with Crippen molar-refractivity contribution in [2.75, 3.05) is 13.7 Å². The molecular formula is C13H29NO. The predicted molar refractivity (Wildman–Crippen MR) is 67.2 cm³/mol. The van der Waals surface area contributed by atoms with Gasteiger partial charge in [-0.3, -0.25) is 0 Å². The molecule has 0 saturated heterocycles. The lowest BCUT2D eigenvalue weighted by Crippen LogP contribution is -2.33. The van der Waals surface area contributed by atoms with Gasteiger partial charge in [0.2, 0.25) is 0 Å². The Labute approximate surface area is 95.8 Å². The van der Waals surface area contributed by atoms with E-state index in [-0.39, 0.29) is 0 Å². The molecule has 0 aliphatic rings. The molecule has 0 amide bonds. The quantitative estimate of drug-likeness (QED) is 0.637. The topological polar surface area (TPSA) is 21.3 Å². The van der Waals surface area contributed by atoms with E-state index in [1.165, 1.54) is 19.3 Å². The third-order valence-corrected chi connectivity index (χ3v) is 2.98. The van der Waals surface area contributed by atoms with Crippen LogP contribution in [0.25, 0.3) is 0 Å². The minimum Gasteiger partial charge on any atom is -0.382 e. The summed E-state index contributed by atoms with van der Waals surface area (Å²) in [5, 5.41) is 3.56. The Balaban J connectivity index is 3.91. The number of methoxy groups -OCH3 is 1. The van der Waals surface area contributed by atoms with Crippen molar-refractivity contribution in [2.45, 2.75) is 65.5 Å². The molecule has 0 bridgehead atoms.